The van der Waals surface area contributed by atoms with Gasteiger partial charge in [-0.15, -0.1) is 0 Å². The molecule has 162 valence electrons. The fourth-order valence-corrected chi connectivity index (χ4v) is 5.16. The summed E-state index contributed by atoms with van der Waals surface area (Å²) in [5.41, 5.74) is 5.22. The predicted octanol–water partition coefficient (Wildman–Crippen LogP) is 5.30. The maximum absolute atomic E-state index is 12.5. The standard InChI is InChI=1S/C25H24ClN5O/c1-25(7-3-4-8-25)15-31-14-18(12-28-31)19-10-21(26)22(11-27)29-23(19)16-5-6-17-13-30(2)24(32)20(17)9-16/h5-6,9-10,12,14H,3-4,7-8,13,15H2,1-2H3. The SMILES string of the molecule is CN1Cc2ccc(-c3nc(C#N)c(Cl)cc3-c3cnn(CC4(C)CCCC4)c3)cc2C1=O. The maximum Gasteiger partial charge on any atom is 0.254 e. The molecule has 3 heterocycles. The van der Waals surface area contributed by atoms with E-state index in [1.54, 1.807) is 18.0 Å². The number of amides is 1. The number of hydrogen-bond acceptors (Lipinski definition) is 4. The second kappa shape index (κ2) is 7.75. The van der Waals surface area contributed by atoms with Crippen molar-refractivity contribution in [1.82, 2.24) is 19.7 Å². The molecule has 0 spiro atoms. The predicted molar refractivity (Wildman–Crippen MR) is 123 cm³/mol. The number of carbonyl (C=O) groups is 1. The number of halogens is 1. The zero-order valence-electron chi connectivity index (χ0n) is 18.2. The number of rotatable bonds is 4. The first kappa shape index (κ1) is 20.7. The van der Waals surface area contributed by atoms with Crippen LogP contribution >= 0.6 is 11.6 Å². The van der Waals surface area contributed by atoms with Crippen molar-refractivity contribution in [1.29, 1.82) is 5.26 Å². The van der Waals surface area contributed by atoms with Gasteiger partial charge < -0.3 is 4.90 Å². The number of fused-ring (bicyclic) bond motifs is 1. The number of pyridine rings is 1. The summed E-state index contributed by atoms with van der Waals surface area (Å²) < 4.78 is 2.00. The highest BCUT2D eigenvalue weighted by Gasteiger charge is 2.30. The van der Waals surface area contributed by atoms with Crippen LogP contribution in [0, 0.1) is 16.7 Å². The lowest BCUT2D eigenvalue weighted by Crippen LogP contribution is -2.19. The van der Waals surface area contributed by atoms with E-state index in [-0.39, 0.29) is 17.0 Å². The van der Waals surface area contributed by atoms with Crippen LogP contribution in [-0.2, 0) is 13.1 Å². The van der Waals surface area contributed by atoms with E-state index in [0.29, 0.717) is 22.8 Å². The normalized spacial score (nSPS) is 16.9. The summed E-state index contributed by atoms with van der Waals surface area (Å²) in [7, 11) is 1.79. The second-order valence-electron chi connectivity index (χ2n) is 9.30. The lowest BCUT2D eigenvalue weighted by molar-refractivity contribution is 0.0816. The van der Waals surface area contributed by atoms with E-state index >= 15 is 0 Å². The van der Waals surface area contributed by atoms with Crippen LogP contribution < -0.4 is 0 Å². The lowest BCUT2D eigenvalue weighted by atomic mass is 9.89. The van der Waals surface area contributed by atoms with Gasteiger partial charge in [0.1, 0.15) is 6.07 Å². The van der Waals surface area contributed by atoms with Crippen LogP contribution in [0.3, 0.4) is 0 Å². The number of carbonyl (C=O) groups excluding carboxylic acids is 1. The average molecular weight is 446 g/mol. The maximum atomic E-state index is 12.5. The molecule has 1 saturated carbocycles. The molecule has 1 amide bonds. The summed E-state index contributed by atoms with van der Waals surface area (Å²) in [5.74, 6) is -0.00417. The molecule has 1 fully saturated rings. The average Bonchev–Trinajstić information content (AvgIpc) is 3.48. The van der Waals surface area contributed by atoms with E-state index in [1.807, 2.05) is 35.3 Å². The van der Waals surface area contributed by atoms with E-state index in [2.05, 4.69) is 23.1 Å². The van der Waals surface area contributed by atoms with Gasteiger partial charge in [0, 0.05) is 48.6 Å². The minimum Gasteiger partial charge on any atom is -0.337 e. The van der Waals surface area contributed by atoms with Gasteiger partial charge in [0.05, 0.1) is 16.9 Å². The molecule has 5 rings (SSSR count). The van der Waals surface area contributed by atoms with Crippen LogP contribution in [-0.4, -0.2) is 32.6 Å². The van der Waals surface area contributed by atoms with E-state index in [9.17, 15) is 10.1 Å². The Kier molecular flexibility index (Phi) is 5.02. The van der Waals surface area contributed by atoms with Crippen molar-refractivity contribution < 1.29 is 4.79 Å². The highest BCUT2D eigenvalue weighted by molar-refractivity contribution is 6.32. The van der Waals surface area contributed by atoms with Crippen molar-refractivity contribution in [2.45, 2.75) is 45.7 Å². The highest BCUT2D eigenvalue weighted by Crippen LogP contribution is 2.40. The van der Waals surface area contributed by atoms with E-state index in [0.717, 1.165) is 28.8 Å². The molecule has 0 N–H and O–H groups in total. The van der Waals surface area contributed by atoms with Gasteiger partial charge in [0.25, 0.3) is 5.91 Å². The Labute approximate surface area is 192 Å². The van der Waals surface area contributed by atoms with Gasteiger partial charge in [-0.05, 0) is 36.0 Å². The molecule has 6 nitrogen and oxygen atoms in total. The summed E-state index contributed by atoms with van der Waals surface area (Å²) in [6.07, 6.45) is 8.84. The van der Waals surface area contributed by atoms with Crippen molar-refractivity contribution in [2.24, 2.45) is 5.41 Å². The Bertz CT molecular complexity index is 1270. The van der Waals surface area contributed by atoms with Gasteiger partial charge in [-0.2, -0.15) is 10.4 Å². The molecule has 7 heteroatoms. The Morgan fingerprint density at radius 1 is 1.19 bits per heavy atom. The summed E-state index contributed by atoms with van der Waals surface area (Å²) in [5, 5.41) is 14.4. The van der Waals surface area contributed by atoms with Crippen molar-refractivity contribution in [2.75, 3.05) is 7.05 Å². The third kappa shape index (κ3) is 3.57. The molecule has 1 aliphatic heterocycles. The van der Waals surface area contributed by atoms with Crippen molar-refractivity contribution in [3.63, 3.8) is 0 Å². The highest BCUT2D eigenvalue weighted by atomic mass is 35.5. The van der Waals surface area contributed by atoms with Crippen LogP contribution in [0.2, 0.25) is 5.02 Å². The summed E-state index contributed by atoms with van der Waals surface area (Å²) in [6.45, 7) is 3.80. The fraction of sp³-hybridized carbons (Fsp3) is 0.360. The smallest absolute Gasteiger partial charge is 0.254 e. The zero-order chi connectivity index (χ0) is 22.5. The van der Waals surface area contributed by atoms with Gasteiger partial charge in [-0.25, -0.2) is 4.98 Å². The molecule has 1 aliphatic carbocycles. The molecule has 0 atom stereocenters. The molecular weight excluding hydrogens is 422 g/mol. The number of nitriles is 1. The summed E-state index contributed by atoms with van der Waals surface area (Å²) in [6, 6.07) is 9.63. The van der Waals surface area contributed by atoms with E-state index < -0.39 is 0 Å². The summed E-state index contributed by atoms with van der Waals surface area (Å²) >= 11 is 6.37. The monoisotopic (exact) mass is 445 g/mol. The topological polar surface area (TPSA) is 74.8 Å². The molecular formula is C25H24ClN5O. The van der Waals surface area contributed by atoms with E-state index in [4.69, 9.17) is 11.6 Å². The first-order valence-electron chi connectivity index (χ1n) is 10.9. The van der Waals surface area contributed by atoms with Crippen molar-refractivity contribution >= 4 is 17.5 Å². The van der Waals surface area contributed by atoms with Crippen LogP contribution in [0.1, 0.15) is 54.2 Å². The van der Waals surface area contributed by atoms with Crippen LogP contribution in [0.25, 0.3) is 22.4 Å². The zero-order valence-corrected chi connectivity index (χ0v) is 19.0. The quantitative estimate of drug-likeness (QED) is 0.545. The first-order valence-corrected chi connectivity index (χ1v) is 11.3. The summed E-state index contributed by atoms with van der Waals surface area (Å²) in [4.78, 5) is 18.8. The molecule has 0 radical (unpaired) electrons. The first-order chi connectivity index (χ1) is 15.4. The third-order valence-corrected chi connectivity index (χ3v) is 7.04. The molecule has 32 heavy (non-hydrogen) atoms. The van der Waals surface area contributed by atoms with Crippen LogP contribution in [0.4, 0.5) is 0 Å². The third-order valence-electron chi connectivity index (χ3n) is 6.75. The molecule has 3 aromatic rings. The van der Waals surface area contributed by atoms with Gasteiger partial charge in [0.15, 0.2) is 5.69 Å². The molecule has 1 aromatic carbocycles. The van der Waals surface area contributed by atoms with Crippen LogP contribution in [0.15, 0.2) is 36.7 Å². The minimum atomic E-state index is -0.00417. The number of nitrogens with zero attached hydrogens (tertiary/aromatic N) is 5. The van der Waals surface area contributed by atoms with Crippen LogP contribution in [0.5, 0.6) is 0 Å². The van der Waals surface area contributed by atoms with Crippen molar-refractivity contribution in [3.8, 4) is 28.5 Å². The minimum absolute atomic E-state index is 0.00417. The molecule has 0 unspecified atom stereocenters. The Morgan fingerprint density at radius 3 is 2.72 bits per heavy atom. The Balaban J connectivity index is 1.58. The number of aromatic nitrogens is 3. The Hall–Kier alpha value is -3.17. The second-order valence-corrected chi connectivity index (χ2v) is 9.71. The van der Waals surface area contributed by atoms with Gasteiger partial charge in [0.2, 0.25) is 0 Å². The van der Waals surface area contributed by atoms with Gasteiger partial charge in [-0.3, -0.25) is 9.48 Å². The molecule has 0 saturated heterocycles. The lowest BCUT2D eigenvalue weighted by Gasteiger charge is -2.22. The van der Waals surface area contributed by atoms with Crippen molar-refractivity contribution in [3.05, 3.63) is 58.5 Å². The van der Waals surface area contributed by atoms with E-state index in [1.165, 1.54) is 25.7 Å². The number of hydrogen-bond donors (Lipinski definition) is 0. The Morgan fingerprint density at radius 2 is 1.97 bits per heavy atom. The molecule has 2 aliphatic rings. The molecule has 0 bridgehead atoms. The largest absolute Gasteiger partial charge is 0.337 e. The van der Waals surface area contributed by atoms with Gasteiger partial charge in [-0.1, -0.05) is 43.5 Å². The fourth-order valence-electron chi connectivity index (χ4n) is 4.97. The molecule has 2 aromatic heterocycles. The van der Waals surface area contributed by atoms with Gasteiger partial charge >= 0.3 is 0 Å². The number of benzene rings is 1.